The maximum Gasteiger partial charge on any atom is 0.0624 e. The van der Waals surface area contributed by atoms with Gasteiger partial charge in [-0.1, -0.05) is 39.0 Å². The number of nitriles is 1. The summed E-state index contributed by atoms with van der Waals surface area (Å²) in [4.78, 5) is 0. The highest BCUT2D eigenvalue weighted by Gasteiger charge is 2.30. The van der Waals surface area contributed by atoms with Crippen LogP contribution in [0.2, 0.25) is 0 Å². The van der Waals surface area contributed by atoms with Crippen molar-refractivity contribution >= 4 is 0 Å². The lowest BCUT2D eigenvalue weighted by atomic mass is 9.68. The molecular formula is C18H31N. The second kappa shape index (κ2) is 7.93. The summed E-state index contributed by atoms with van der Waals surface area (Å²) < 4.78 is 0. The number of nitrogens with zero attached hydrogens (tertiary/aromatic N) is 1. The van der Waals surface area contributed by atoms with Crippen LogP contribution in [0.3, 0.4) is 0 Å². The van der Waals surface area contributed by atoms with E-state index in [1.165, 1.54) is 70.6 Å². The number of hydrogen-bond acceptors (Lipinski definition) is 1. The third-order valence-corrected chi connectivity index (χ3v) is 5.80. The molecule has 0 heterocycles. The van der Waals surface area contributed by atoms with Gasteiger partial charge in [-0.2, -0.15) is 5.26 Å². The fraction of sp³-hybridized carbons (Fsp3) is 0.944. The molecule has 0 radical (unpaired) electrons. The molecule has 2 saturated carbocycles. The minimum absolute atomic E-state index is 0.724. The molecule has 0 bridgehead atoms. The molecule has 0 aromatic carbocycles. The highest BCUT2D eigenvalue weighted by atomic mass is 14.4. The average molecular weight is 261 g/mol. The van der Waals surface area contributed by atoms with E-state index >= 15 is 0 Å². The van der Waals surface area contributed by atoms with Crippen LogP contribution in [0.1, 0.15) is 84.0 Å². The predicted octanol–water partition coefficient (Wildman–Crippen LogP) is 5.70. The van der Waals surface area contributed by atoms with Gasteiger partial charge in [0.2, 0.25) is 0 Å². The molecule has 0 unspecified atom stereocenters. The molecule has 2 fully saturated rings. The maximum absolute atomic E-state index is 8.78. The Bertz CT molecular complexity index is 275. The summed E-state index contributed by atoms with van der Waals surface area (Å²) in [5.41, 5.74) is 0. The normalized spacial score (nSPS) is 35.8. The van der Waals surface area contributed by atoms with Crippen LogP contribution >= 0.6 is 0 Å². The van der Waals surface area contributed by atoms with Gasteiger partial charge in [-0.3, -0.25) is 0 Å². The van der Waals surface area contributed by atoms with Crippen molar-refractivity contribution in [1.29, 1.82) is 5.26 Å². The fourth-order valence-corrected chi connectivity index (χ4v) is 4.43. The van der Waals surface area contributed by atoms with E-state index in [9.17, 15) is 0 Å². The summed E-state index contributed by atoms with van der Waals surface area (Å²) in [5.74, 6) is 3.80. The van der Waals surface area contributed by atoms with Crippen LogP contribution in [0.5, 0.6) is 0 Å². The van der Waals surface area contributed by atoms with Gasteiger partial charge in [0.25, 0.3) is 0 Å². The second-order valence-corrected chi connectivity index (χ2v) is 7.07. The van der Waals surface area contributed by atoms with Crippen LogP contribution in [0.25, 0.3) is 0 Å². The molecule has 0 saturated heterocycles. The molecule has 2 aliphatic carbocycles. The van der Waals surface area contributed by atoms with E-state index in [2.05, 4.69) is 13.0 Å². The monoisotopic (exact) mass is 261 g/mol. The van der Waals surface area contributed by atoms with E-state index in [1.807, 2.05) is 0 Å². The zero-order valence-electron chi connectivity index (χ0n) is 12.7. The Labute approximate surface area is 119 Å². The average Bonchev–Trinajstić information content (AvgIpc) is 2.47. The van der Waals surface area contributed by atoms with Crippen LogP contribution in [-0.4, -0.2) is 0 Å². The fourth-order valence-electron chi connectivity index (χ4n) is 4.43. The highest BCUT2D eigenvalue weighted by Crippen LogP contribution is 2.42. The Morgan fingerprint density at radius 2 is 1.37 bits per heavy atom. The predicted molar refractivity (Wildman–Crippen MR) is 80.7 cm³/mol. The van der Waals surface area contributed by atoms with Gasteiger partial charge < -0.3 is 0 Å². The smallest absolute Gasteiger partial charge is 0.0624 e. The Balaban J connectivity index is 1.67. The second-order valence-electron chi connectivity index (χ2n) is 7.07. The largest absolute Gasteiger partial charge is 0.198 e. The van der Waals surface area contributed by atoms with Crippen LogP contribution in [0.4, 0.5) is 0 Å². The first-order valence-corrected chi connectivity index (χ1v) is 8.70. The van der Waals surface area contributed by atoms with Crippen molar-refractivity contribution in [1.82, 2.24) is 0 Å². The molecule has 19 heavy (non-hydrogen) atoms. The van der Waals surface area contributed by atoms with Crippen molar-refractivity contribution in [3.8, 4) is 6.07 Å². The Kier molecular flexibility index (Phi) is 6.21. The van der Waals surface area contributed by atoms with Crippen molar-refractivity contribution in [3.05, 3.63) is 0 Å². The lowest BCUT2D eigenvalue weighted by Crippen LogP contribution is -2.25. The van der Waals surface area contributed by atoms with Crippen molar-refractivity contribution < 1.29 is 0 Å². The molecule has 2 aliphatic rings. The summed E-state index contributed by atoms with van der Waals surface area (Å²) in [6.45, 7) is 2.31. The highest BCUT2D eigenvalue weighted by molar-refractivity contribution is 4.85. The van der Waals surface area contributed by atoms with Gasteiger partial charge in [-0.25, -0.2) is 0 Å². The summed E-state index contributed by atoms with van der Waals surface area (Å²) in [5, 5.41) is 8.78. The van der Waals surface area contributed by atoms with E-state index in [0.29, 0.717) is 0 Å². The number of hydrogen-bond donors (Lipinski definition) is 0. The SMILES string of the molecule is CCCCC1CCC(C2CCC(CC#N)CC2)CC1. The van der Waals surface area contributed by atoms with Gasteiger partial charge >= 0.3 is 0 Å². The molecule has 0 aliphatic heterocycles. The van der Waals surface area contributed by atoms with Gasteiger partial charge in [-0.15, -0.1) is 0 Å². The number of unbranched alkanes of at least 4 members (excludes halogenated alkanes) is 1. The van der Waals surface area contributed by atoms with Gasteiger partial charge in [0, 0.05) is 6.42 Å². The molecule has 0 aromatic heterocycles. The molecule has 2 rings (SSSR count). The van der Waals surface area contributed by atoms with Crippen LogP contribution in [0.15, 0.2) is 0 Å². The van der Waals surface area contributed by atoms with Crippen LogP contribution < -0.4 is 0 Å². The van der Waals surface area contributed by atoms with Crippen molar-refractivity contribution in [2.24, 2.45) is 23.7 Å². The summed E-state index contributed by atoms with van der Waals surface area (Å²) >= 11 is 0. The van der Waals surface area contributed by atoms with E-state index in [1.54, 1.807) is 0 Å². The van der Waals surface area contributed by atoms with E-state index in [4.69, 9.17) is 5.26 Å². The van der Waals surface area contributed by atoms with Gasteiger partial charge in [-0.05, 0) is 62.2 Å². The molecule has 0 N–H and O–H groups in total. The van der Waals surface area contributed by atoms with Gasteiger partial charge in [0.05, 0.1) is 6.07 Å². The summed E-state index contributed by atoms with van der Waals surface area (Å²) in [6, 6.07) is 2.36. The number of rotatable bonds is 5. The van der Waals surface area contributed by atoms with Crippen molar-refractivity contribution in [3.63, 3.8) is 0 Å². The zero-order valence-corrected chi connectivity index (χ0v) is 12.7. The lowest BCUT2D eigenvalue weighted by Gasteiger charge is -2.37. The third kappa shape index (κ3) is 4.51. The molecule has 0 spiro atoms. The Morgan fingerprint density at radius 3 is 1.84 bits per heavy atom. The first-order valence-electron chi connectivity index (χ1n) is 8.70. The van der Waals surface area contributed by atoms with E-state index in [-0.39, 0.29) is 0 Å². The van der Waals surface area contributed by atoms with Gasteiger partial charge in [0.15, 0.2) is 0 Å². The van der Waals surface area contributed by atoms with Crippen LogP contribution in [0, 0.1) is 35.0 Å². The minimum atomic E-state index is 0.724. The summed E-state index contributed by atoms with van der Waals surface area (Å²) in [6.07, 6.45) is 16.6. The van der Waals surface area contributed by atoms with Crippen molar-refractivity contribution in [2.75, 3.05) is 0 Å². The first kappa shape index (κ1) is 14.9. The Morgan fingerprint density at radius 1 is 0.842 bits per heavy atom. The van der Waals surface area contributed by atoms with E-state index < -0.39 is 0 Å². The lowest BCUT2D eigenvalue weighted by molar-refractivity contribution is 0.144. The van der Waals surface area contributed by atoms with Crippen molar-refractivity contribution in [2.45, 2.75) is 84.0 Å². The topological polar surface area (TPSA) is 23.8 Å². The maximum atomic E-state index is 8.78. The Hall–Kier alpha value is -0.510. The molecule has 0 aromatic rings. The first-order chi connectivity index (χ1) is 9.33. The third-order valence-electron chi connectivity index (χ3n) is 5.80. The molecule has 1 heteroatoms. The quantitative estimate of drug-likeness (QED) is 0.622. The standard InChI is InChI=1S/C18H31N/c1-2-3-4-15-5-9-17(10-6-15)18-11-7-16(8-12-18)13-14-19/h15-18H,2-13H2,1H3. The molecule has 1 nitrogen and oxygen atoms in total. The molecule has 0 atom stereocenters. The van der Waals surface area contributed by atoms with Gasteiger partial charge in [0.1, 0.15) is 0 Å². The molecule has 108 valence electrons. The zero-order chi connectivity index (χ0) is 13.5. The minimum Gasteiger partial charge on any atom is -0.198 e. The summed E-state index contributed by atoms with van der Waals surface area (Å²) in [7, 11) is 0. The van der Waals surface area contributed by atoms with E-state index in [0.717, 1.165) is 30.1 Å². The van der Waals surface area contributed by atoms with Crippen LogP contribution in [-0.2, 0) is 0 Å². The molecule has 0 amide bonds. The molecular weight excluding hydrogens is 230 g/mol.